The minimum atomic E-state index is -1.37. The van der Waals surface area contributed by atoms with E-state index in [-0.39, 0.29) is 23.6 Å². The van der Waals surface area contributed by atoms with Crippen LogP contribution in [0.2, 0.25) is 5.02 Å². The van der Waals surface area contributed by atoms with Crippen LogP contribution < -0.4 is 11.1 Å². The second kappa shape index (κ2) is 8.68. The van der Waals surface area contributed by atoms with Gasteiger partial charge < -0.3 is 16.2 Å². The summed E-state index contributed by atoms with van der Waals surface area (Å²) in [6.07, 6.45) is 7.96. The molecule has 31 heavy (non-hydrogen) atoms. The van der Waals surface area contributed by atoms with Crippen molar-refractivity contribution in [1.29, 1.82) is 0 Å². The Morgan fingerprint density at radius 3 is 2.77 bits per heavy atom. The fraction of sp³-hybridized carbons (Fsp3) is 0.435. The van der Waals surface area contributed by atoms with Crippen molar-refractivity contribution in [1.82, 2.24) is 4.90 Å². The number of carbonyl (C=O) groups excluding carboxylic acids is 1. The molecule has 5 nitrogen and oxygen atoms in total. The molecule has 3 aliphatic rings. The van der Waals surface area contributed by atoms with E-state index in [9.17, 15) is 9.90 Å². The van der Waals surface area contributed by atoms with Gasteiger partial charge in [-0.15, -0.1) is 0 Å². The van der Waals surface area contributed by atoms with Crippen LogP contribution in [0.1, 0.15) is 31.2 Å². The number of rotatable bonds is 5. The molecule has 1 aromatic rings. The second-order valence-electron chi connectivity index (χ2n) is 8.42. The number of likely N-dealkylation sites (tertiary alicyclic amines) is 1. The third-order valence-corrected chi connectivity index (χ3v) is 7.13. The van der Waals surface area contributed by atoms with Crippen LogP contribution in [-0.2, 0) is 10.3 Å². The highest BCUT2D eigenvalue weighted by Crippen LogP contribution is 2.57. The van der Waals surface area contributed by atoms with Gasteiger partial charge in [-0.2, -0.15) is 0 Å². The van der Waals surface area contributed by atoms with Gasteiger partial charge >= 0.3 is 0 Å². The zero-order valence-electron chi connectivity index (χ0n) is 17.0. The number of fused-ring (bicyclic) bond motifs is 2. The van der Waals surface area contributed by atoms with Crippen molar-refractivity contribution in [2.45, 2.75) is 49.3 Å². The van der Waals surface area contributed by atoms with Crippen LogP contribution in [0.4, 0.5) is 10.1 Å². The smallest absolute Gasteiger partial charge is 0.250 e. The number of aliphatic hydroxyl groups is 1. The van der Waals surface area contributed by atoms with Gasteiger partial charge in [-0.3, -0.25) is 9.69 Å². The first-order valence-corrected chi connectivity index (χ1v) is 11.2. The summed E-state index contributed by atoms with van der Waals surface area (Å²) in [5.74, 6) is -1.87. The summed E-state index contributed by atoms with van der Waals surface area (Å²) in [5, 5.41) is 13.9. The predicted molar refractivity (Wildman–Crippen MR) is 122 cm³/mol. The molecular weight excluding hydrogens is 440 g/mol. The summed E-state index contributed by atoms with van der Waals surface area (Å²) < 4.78 is 15.8. The van der Waals surface area contributed by atoms with Gasteiger partial charge in [0.15, 0.2) is 0 Å². The molecule has 2 fully saturated rings. The van der Waals surface area contributed by atoms with E-state index in [0.29, 0.717) is 16.3 Å². The first-order valence-electron chi connectivity index (χ1n) is 10.5. The van der Waals surface area contributed by atoms with Gasteiger partial charge in [0.05, 0.1) is 18.6 Å². The lowest BCUT2D eigenvalue weighted by molar-refractivity contribution is -0.131. The SMILES string of the molecule is C=C(Cl)/C=C\C=C(/F)[C@H]1[C@H](N)[C@H](CO)N(C2CCCC2)[C@@]12C(=O)Nc1cc(Cl)ccc12. The summed E-state index contributed by atoms with van der Waals surface area (Å²) in [5.41, 5.74) is 6.39. The number of hydrogen-bond acceptors (Lipinski definition) is 4. The van der Waals surface area contributed by atoms with Crippen molar-refractivity contribution in [3.05, 3.63) is 64.5 Å². The van der Waals surface area contributed by atoms with E-state index in [4.69, 9.17) is 28.9 Å². The summed E-state index contributed by atoms with van der Waals surface area (Å²) in [6.45, 7) is 3.29. The number of nitrogens with one attached hydrogen (secondary N) is 1. The molecule has 1 spiro atoms. The van der Waals surface area contributed by atoms with Gasteiger partial charge in [-0.25, -0.2) is 4.39 Å². The zero-order chi connectivity index (χ0) is 22.3. The normalized spacial score (nSPS) is 31.7. The summed E-state index contributed by atoms with van der Waals surface area (Å²) in [7, 11) is 0. The fourth-order valence-electron chi connectivity index (χ4n) is 5.65. The Labute approximate surface area is 191 Å². The molecule has 2 aliphatic heterocycles. The Morgan fingerprint density at radius 1 is 1.42 bits per heavy atom. The molecule has 4 N–H and O–H groups in total. The summed E-state index contributed by atoms with van der Waals surface area (Å²) in [4.78, 5) is 15.6. The van der Waals surface area contributed by atoms with Crippen molar-refractivity contribution in [2.75, 3.05) is 11.9 Å². The van der Waals surface area contributed by atoms with E-state index in [1.165, 1.54) is 18.2 Å². The van der Waals surface area contributed by atoms with E-state index < -0.39 is 29.4 Å². The van der Waals surface area contributed by atoms with Crippen molar-refractivity contribution >= 4 is 34.8 Å². The molecule has 2 heterocycles. The second-order valence-corrected chi connectivity index (χ2v) is 9.34. The number of benzene rings is 1. The van der Waals surface area contributed by atoms with E-state index in [2.05, 4.69) is 11.9 Å². The largest absolute Gasteiger partial charge is 0.395 e. The first-order chi connectivity index (χ1) is 14.8. The van der Waals surface area contributed by atoms with E-state index in [0.717, 1.165) is 25.7 Å². The number of carbonyl (C=O) groups is 1. The van der Waals surface area contributed by atoms with Gasteiger partial charge in [-0.1, -0.05) is 54.8 Å². The van der Waals surface area contributed by atoms with Gasteiger partial charge in [0.2, 0.25) is 5.91 Å². The molecule has 0 bridgehead atoms. The molecule has 166 valence electrons. The highest BCUT2D eigenvalue weighted by Gasteiger charge is 2.68. The molecule has 4 rings (SSSR count). The molecule has 0 aromatic heterocycles. The number of aliphatic hydroxyl groups excluding tert-OH is 1. The Hall–Kier alpha value is -1.70. The molecule has 1 aliphatic carbocycles. The van der Waals surface area contributed by atoms with Crippen LogP contribution in [-0.4, -0.2) is 40.6 Å². The van der Waals surface area contributed by atoms with Crippen LogP contribution in [0.5, 0.6) is 0 Å². The Bertz CT molecular complexity index is 960. The highest BCUT2D eigenvalue weighted by atomic mass is 35.5. The van der Waals surface area contributed by atoms with Crippen LogP contribution >= 0.6 is 23.2 Å². The molecular formula is C23H26Cl2FN3O2. The number of nitrogens with zero attached hydrogens (tertiary/aromatic N) is 1. The maximum atomic E-state index is 15.8. The van der Waals surface area contributed by atoms with Gasteiger partial charge in [0.1, 0.15) is 11.4 Å². The monoisotopic (exact) mass is 465 g/mol. The van der Waals surface area contributed by atoms with Crippen LogP contribution in [0, 0.1) is 5.92 Å². The third kappa shape index (κ3) is 3.55. The topological polar surface area (TPSA) is 78.6 Å². The van der Waals surface area contributed by atoms with Crippen molar-refractivity contribution in [2.24, 2.45) is 11.7 Å². The minimum Gasteiger partial charge on any atom is -0.395 e. The highest BCUT2D eigenvalue weighted by molar-refractivity contribution is 6.31. The van der Waals surface area contributed by atoms with Gasteiger partial charge in [-0.05, 0) is 37.1 Å². The van der Waals surface area contributed by atoms with Crippen molar-refractivity contribution in [3.8, 4) is 0 Å². The Morgan fingerprint density at radius 2 is 2.13 bits per heavy atom. The number of allylic oxidation sites excluding steroid dienone is 4. The molecule has 1 aromatic carbocycles. The van der Waals surface area contributed by atoms with Gasteiger partial charge in [0.25, 0.3) is 0 Å². The lowest BCUT2D eigenvalue weighted by Crippen LogP contribution is -2.56. The average Bonchev–Trinajstić information content (AvgIpc) is 3.38. The van der Waals surface area contributed by atoms with Gasteiger partial charge in [0, 0.05) is 33.4 Å². The number of amides is 1. The van der Waals surface area contributed by atoms with Crippen LogP contribution in [0.25, 0.3) is 0 Å². The average molecular weight is 466 g/mol. The van der Waals surface area contributed by atoms with Crippen LogP contribution in [0.15, 0.2) is 53.9 Å². The zero-order valence-corrected chi connectivity index (χ0v) is 18.5. The molecule has 1 amide bonds. The number of hydrogen-bond donors (Lipinski definition) is 3. The standard InChI is InChI=1S/C23H26Cl2FN3O2/c1-13(24)5-4-8-17(26)20-21(27)19(12-30)29(15-6-2-3-7-15)23(20)16-10-9-14(25)11-18(16)28-22(23)31/h4-5,8-11,15,19-21,30H,1-3,6-7,12,27H2,(H,28,31)/b5-4-,17-8-/t19-,20-,21+,23+/m0/s1. The van der Waals surface area contributed by atoms with E-state index in [1.807, 2.05) is 4.90 Å². The summed E-state index contributed by atoms with van der Waals surface area (Å²) >= 11 is 11.9. The van der Waals surface area contributed by atoms with Crippen molar-refractivity contribution < 1.29 is 14.3 Å². The number of anilines is 1. The van der Waals surface area contributed by atoms with E-state index in [1.54, 1.807) is 18.2 Å². The quantitative estimate of drug-likeness (QED) is 0.569. The van der Waals surface area contributed by atoms with Crippen molar-refractivity contribution in [3.63, 3.8) is 0 Å². The Balaban J connectivity index is 1.93. The van der Waals surface area contributed by atoms with E-state index >= 15 is 4.39 Å². The lowest BCUT2D eigenvalue weighted by Gasteiger charge is -2.42. The minimum absolute atomic E-state index is 0.0199. The molecule has 0 radical (unpaired) electrons. The summed E-state index contributed by atoms with van der Waals surface area (Å²) in [6, 6.07) is 3.80. The Kier molecular flexibility index (Phi) is 6.30. The maximum absolute atomic E-state index is 15.8. The fourth-order valence-corrected chi connectivity index (χ4v) is 5.89. The third-order valence-electron chi connectivity index (χ3n) is 6.77. The molecule has 1 saturated heterocycles. The van der Waals surface area contributed by atoms with Crippen LogP contribution in [0.3, 0.4) is 0 Å². The molecule has 4 atom stereocenters. The predicted octanol–water partition coefficient (Wildman–Crippen LogP) is 4.21. The number of halogens is 3. The molecule has 8 heteroatoms. The molecule has 0 unspecified atom stereocenters. The maximum Gasteiger partial charge on any atom is 0.250 e. The number of nitrogens with two attached hydrogens (primary N) is 1. The lowest BCUT2D eigenvalue weighted by atomic mass is 9.76. The molecule has 1 saturated carbocycles. The first kappa shape index (κ1) is 22.5.